The predicted molar refractivity (Wildman–Crippen MR) is 73.0 cm³/mol. The van der Waals surface area contributed by atoms with Gasteiger partial charge in [0.1, 0.15) is 11.8 Å². The van der Waals surface area contributed by atoms with Gasteiger partial charge in [0.2, 0.25) is 5.91 Å². The summed E-state index contributed by atoms with van der Waals surface area (Å²) >= 11 is 0. The third-order valence-corrected chi connectivity index (χ3v) is 3.54. The zero-order valence-electron chi connectivity index (χ0n) is 11.3. The number of nitrogens with one attached hydrogen (secondary N) is 1. The fraction of sp³-hybridized carbons (Fsp3) is 0.467. The van der Waals surface area contributed by atoms with Crippen molar-refractivity contribution in [1.82, 2.24) is 5.32 Å². The van der Waals surface area contributed by atoms with E-state index in [1.807, 2.05) is 18.2 Å². The third-order valence-electron chi connectivity index (χ3n) is 3.54. The van der Waals surface area contributed by atoms with Crippen LogP contribution in [0.2, 0.25) is 0 Å². The first-order valence-corrected chi connectivity index (χ1v) is 6.64. The van der Waals surface area contributed by atoms with Gasteiger partial charge in [-0.25, -0.2) is 0 Å². The first kappa shape index (κ1) is 14.4. The summed E-state index contributed by atoms with van der Waals surface area (Å²) in [6.07, 6.45) is 2.27. The van der Waals surface area contributed by atoms with E-state index in [2.05, 4.69) is 5.32 Å². The fourth-order valence-electron chi connectivity index (χ4n) is 1.92. The molecule has 20 heavy (non-hydrogen) atoms. The Morgan fingerprint density at radius 2 is 2.10 bits per heavy atom. The van der Waals surface area contributed by atoms with Gasteiger partial charge in [-0.2, -0.15) is 5.26 Å². The number of aliphatic hydroxyl groups excluding tert-OH is 1. The number of nitrogens with zero attached hydrogens (tertiary/aromatic N) is 1. The molecular weight excluding hydrogens is 256 g/mol. The molecule has 5 nitrogen and oxygen atoms in total. The van der Waals surface area contributed by atoms with Crippen LogP contribution in [0.4, 0.5) is 0 Å². The van der Waals surface area contributed by atoms with Gasteiger partial charge < -0.3 is 15.2 Å². The minimum atomic E-state index is -0.0648. The lowest BCUT2D eigenvalue weighted by atomic mass is 10.1. The molecule has 0 spiro atoms. The van der Waals surface area contributed by atoms with Crippen molar-refractivity contribution in [3.63, 3.8) is 0 Å². The maximum absolute atomic E-state index is 11.8. The fourth-order valence-corrected chi connectivity index (χ4v) is 1.92. The molecule has 5 heteroatoms. The van der Waals surface area contributed by atoms with Gasteiger partial charge in [0.25, 0.3) is 0 Å². The van der Waals surface area contributed by atoms with Crippen molar-refractivity contribution in [2.24, 2.45) is 5.41 Å². The van der Waals surface area contributed by atoms with E-state index >= 15 is 0 Å². The van der Waals surface area contributed by atoms with E-state index in [1.54, 1.807) is 12.1 Å². The lowest BCUT2D eigenvalue weighted by molar-refractivity contribution is -0.120. The first-order chi connectivity index (χ1) is 9.67. The summed E-state index contributed by atoms with van der Waals surface area (Å²) in [5, 5.41) is 20.4. The highest BCUT2D eigenvalue weighted by Gasteiger charge is 2.41. The number of benzene rings is 1. The van der Waals surface area contributed by atoms with Gasteiger partial charge >= 0.3 is 0 Å². The summed E-state index contributed by atoms with van der Waals surface area (Å²) < 4.78 is 5.14. The zero-order chi connectivity index (χ0) is 14.4. The molecule has 1 aliphatic carbocycles. The van der Waals surface area contributed by atoms with E-state index in [1.165, 1.54) is 0 Å². The number of amides is 1. The number of rotatable bonds is 7. The van der Waals surface area contributed by atoms with Crippen molar-refractivity contribution in [3.8, 4) is 11.8 Å². The van der Waals surface area contributed by atoms with Crippen LogP contribution in [0.15, 0.2) is 24.3 Å². The molecule has 1 saturated carbocycles. The minimum Gasteiger partial charge on any atom is -0.479 e. The largest absolute Gasteiger partial charge is 0.479 e. The maximum Gasteiger partial charge on any atom is 0.224 e. The van der Waals surface area contributed by atoms with Crippen molar-refractivity contribution in [2.45, 2.75) is 19.3 Å². The monoisotopic (exact) mass is 274 g/mol. The van der Waals surface area contributed by atoms with Gasteiger partial charge in [0.05, 0.1) is 13.0 Å². The van der Waals surface area contributed by atoms with Crippen LogP contribution in [-0.4, -0.2) is 30.8 Å². The standard InChI is InChI=1S/C15H18N2O3/c16-7-8-20-13-3-1-12(2-4-13)9-14(19)17-10-15(11-18)5-6-15/h1-4,18H,5-6,8-11H2,(H,17,19). The van der Waals surface area contributed by atoms with Gasteiger partial charge in [-0.15, -0.1) is 0 Å². The Labute approximate surface area is 118 Å². The third kappa shape index (κ3) is 3.97. The summed E-state index contributed by atoms with van der Waals surface area (Å²) in [5.74, 6) is 0.573. The molecule has 2 rings (SSSR count). The highest BCUT2D eigenvalue weighted by atomic mass is 16.5. The van der Waals surface area contributed by atoms with E-state index in [0.29, 0.717) is 18.7 Å². The van der Waals surface area contributed by atoms with E-state index in [4.69, 9.17) is 10.00 Å². The van der Waals surface area contributed by atoms with Crippen LogP contribution in [-0.2, 0) is 11.2 Å². The number of carbonyl (C=O) groups is 1. The summed E-state index contributed by atoms with van der Waals surface area (Å²) in [4.78, 5) is 11.8. The summed E-state index contributed by atoms with van der Waals surface area (Å²) in [7, 11) is 0. The SMILES string of the molecule is N#CCOc1ccc(CC(=O)NCC2(CO)CC2)cc1. The van der Waals surface area contributed by atoms with Crippen molar-refractivity contribution in [1.29, 1.82) is 5.26 Å². The second-order valence-corrected chi connectivity index (χ2v) is 5.20. The highest BCUT2D eigenvalue weighted by Crippen LogP contribution is 2.44. The van der Waals surface area contributed by atoms with Crippen LogP contribution in [0.25, 0.3) is 0 Å². The number of nitriles is 1. The van der Waals surface area contributed by atoms with Crippen molar-refractivity contribution in [3.05, 3.63) is 29.8 Å². The molecule has 2 N–H and O–H groups in total. The van der Waals surface area contributed by atoms with Crippen LogP contribution in [0.3, 0.4) is 0 Å². The number of ether oxygens (including phenoxy) is 1. The van der Waals surface area contributed by atoms with Crippen LogP contribution in [0.1, 0.15) is 18.4 Å². The molecule has 1 amide bonds. The number of aliphatic hydroxyl groups is 1. The maximum atomic E-state index is 11.8. The number of hydrogen-bond acceptors (Lipinski definition) is 4. The van der Waals surface area contributed by atoms with Gasteiger partial charge in [-0.3, -0.25) is 4.79 Å². The Morgan fingerprint density at radius 1 is 1.40 bits per heavy atom. The van der Waals surface area contributed by atoms with E-state index in [9.17, 15) is 9.90 Å². The average molecular weight is 274 g/mol. The Balaban J connectivity index is 1.77. The van der Waals surface area contributed by atoms with Gasteiger partial charge in [0.15, 0.2) is 6.61 Å². The van der Waals surface area contributed by atoms with Crippen LogP contribution < -0.4 is 10.1 Å². The summed E-state index contributed by atoms with van der Waals surface area (Å²) in [5.41, 5.74) is 0.825. The molecule has 0 unspecified atom stereocenters. The molecule has 0 bridgehead atoms. The Hall–Kier alpha value is -2.06. The predicted octanol–water partition coefficient (Wildman–Crippen LogP) is 1.02. The van der Waals surface area contributed by atoms with Crippen molar-refractivity contribution < 1.29 is 14.6 Å². The van der Waals surface area contributed by atoms with E-state index in [-0.39, 0.29) is 24.5 Å². The summed E-state index contributed by atoms with van der Waals surface area (Å²) in [6, 6.07) is 9.01. The van der Waals surface area contributed by atoms with Crippen LogP contribution in [0, 0.1) is 16.7 Å². The molecule has 1 fully saturated rings. The molecule has 0 aliphatic heterocycles. The number of carbonyl (C=O) groups excluding carboxylic acids is 1. The number of hydrogen-bond donors (Lipinski definition) is 2. The van der Waals surface area contributed by atoms with Crippen LogP contribution in [0.5, 0.6) is 5.75 Å². The van der Waals surface area contributed by atoms with Gasteiger partial charge in [-0.1, -0.05) is 12.1 Å². The second-order valence-electron chi connectivity index (χ2n) is 5.20. The molecule has 0 saturated heterocycles. The Bertz CT molecular complexity index is 501. The molecular formula is C15H18N2O3. The van der Waals surface area contributed by atoms with Crippen molar-refractivity contribution in [2.75, 3.05) is 19.8 Å². The topological polar surface area (TPSA) is 82.3 Å². The molecule has 0 heterocycles. The minimum absolute atomic E-state index is 0.0169. The Morgan fingerprint density at radius 3 is 2.65 bits per heavy atom. The molecule has 106 valence electrons. The highest BCUT2D eigenvalue weighted by molar-refractivity contribution is 5.78. The smallest absolute Gasteiger partial charge is 0.224 e. The Kier molecular flexibility index (Phi) is 4.59. The molecule has 1 aliphatic rings. The zero-order valence-corrected chi connectivity index (χ0v) is 11.3. The van der Waals surface area contributed by atoms with E-state index in [0.717, 1.165) is 18.4 Å². The van der Waals surface area contributed by atoms with Gasteiger partial charge in [0, 0.05) is 12.0 Å². The lowest BCUT2D eigenvalue weighted by Crippen LogP contribution is -2.32. The summed E-state index contributed by atoms with van der Waals surface area (Å²) in [6.45, 7) is 0.701. The normalized spacial score (nSPS) is 15.2. The van der Waals surface area contributed by atoms with E-state index < -0.39 is 0 Å². The quantitative estimate of drug-likeness (QED) is 0.777. The molecule has 0 aromatic heterocycles. The molecule has 1 aromatic rings. The molecule has 0 radical (unpaired) electrons. The average Bonchev–Trinajstić information content (AvgIpc) is 3.25. The van der Waals surface area contributed by atoms with Gasteiger partial charge in [-0.05, 0) is 30.5 Å². The molecule has 0 atom stereocenters. The second kappa shape index (κ2) is 6.40. The molecule has 1 aromatic carbocycles. The van der Waals surface area contributed by atoms with Crippen molar-refractivity contribution >= 4 is 5.91 Å². The van der Waals surface area contributed by atoms with Crippen LogP contribution >= 0.6 is 0 Å². The first-order valence-electron chi connectivity index (χ1n) is 6.64. The lowest BCUT2D eigenvalue weighted by Gasteiger charge is -2.12.